The molecular formula is C54H104NO8+. The van der Waals surface area contributed by atoms with Crippen molar-refractivity contribution in [3.05, 3.63) is 12.2 Å². The van der Waals surface area contributed by atoms with Gasteiger partial charge in [0, 0.05) is 12.8 Å². The molecule has 0 spiro atoms. The Kier molecular flexibility index (Phi) is 45.1. The normalized spacial score (nSPS) is 12.8. The number of allylic oxidation sites excluding steroid dienone is 2. The number of esters is 2. The van der Waals surface area contributed by atoms with E-state index in [0.29, 0.717) is 23.9 Å². The van der Waals surface area contributed by atoms with Gasteiger partial charge < -0.3 is 28.5 Å². The van der Waals surface area contributed by atoms with Gasteiger partial charge in [-0.05, 0) is 38.5 Å². The van der Waals surface area contributed by atoms with Gasteiger partial charge in [-0.15, -0.1) is 0 Å². The first-order chi connectivity index (χ1) is 30.6. The Hall–Kier alpha value is -1.97. The molecule has 0 radical (unpaired) electrons. The minimum absolute atomic E-state index is 0.179. The van der Waals surface area contributed by atoms with E-state index in [4.69, 9.17) is 18.9 Å². The predicted octanol–water partition coefficient (Wildman–Crippen LogP) is 15.0. The summed E-state index contributed by atoms with van der Waals surface area (Å²) in [4.78, 5) is 37.3. The lowest BCUT2D eigenvalue weighted by Crippen LogP contribution is -2.40. The predicted molar refractivity (Wildman–Crippen MR) is 263 cm³/mol. The second-order valence-electron chi connectivity index (χ2n) is 19.5. The van der Waals surface area contributed by atoms with Crippen LogP contribution in [0, 0.1) is 0 Å². The molecule has 2 atom stereocenters. The van der Waals surface area contributed by atoms with Crippen molar-refractivity contribution in [2.45, 2.75) is 270 Å². The highest BCUT2D eigenvalue weighted by Gasteiger charge is 2.25. The third-order valence-corrected chi connectivity index (χ3v) is 12.0. The molecule has 63 heavy (non-hydrogen) atoms. The highest BCUT2D eigenvalue weighted by molar-refractivity contribution is 5.71. The number of likely N-dealkylation sites (N-methyl/N-ethyl adjacent to an activating group) is 1. The molecule has 0 amide bonds. The zero-order valence-corrected chi connectivity index (χ0v) is 42.3. The molecule has 1 N–H and O–H groups in total. The zero-order chi connectivity index (χ0) is 46.3. The Balaban J connectivity index is 4.20. The Bertz CT molecular complexity index is 1040. The first-order valence-electron chi connectivity index (χ1n) is 26.9. The molecule has 0 aliphatic heterocycles. The van der Waals surface area contributed by atoms with Crippen LogP contribution >= 0.6 is 0 Å². The van der Waals surface area contributed by atoms with E-state index < -0.39 is 24.3 Å². The van der Waals surface area contributed by atoms with Crippen LogP contribution in [0.25, 0.3) is 0 Å². The van der Waals surface area contributed by atoms with Gasteiger partial charge in [0.1, 0.15) is 13.2 Å². The van der Waals surface area contributed by atoms with Gasteiger partial charge >= 0.3 is 17.9 Å². The summed E-state index contributed by atoms with van der Waals surface area (Å²) in [5, 5.41) is 9.66. The summed E-state index contributed by atoms with van der Waals surface area (Å²) in [5.74, 6) is -2.00. The number of unbranched alkanes of at least 4 members (excludes halogenated alkanes) is 33. The van der Waals surface area contributed by atoms with E-state index in [2.05, 4.69) is 26.0 Å². The van der Waals surface area contributed by atoms with Crippen LogP contribution in [0.2, 0.25) is 0 Å². The summed E-state index contributed by atoms with van der Waals surface area (Å²) in [5.41, 5.74) is 0. The van der Waals surface area contributed by atoms with Crippen LogP contribution in [0.15, 0.2) is 12.2 Å². The number of hydrogen-bond acceptors (Lipinski definition) is 7. The van der Waals surface area contributed by atoms with Crippen LogP contribution in [-0.2, 0) is 33.3 Å². The molecule has 2 unspecified atom stereocenters. The monoisotopic (exact) mass is 895 g/mol. The number of carboxylic acid groups (broad SMARTS) is 1. The molecule has 0 aromatic carbocycles. The molecule has 0 bridgehead atoms. The average molecular weight is 895 g/mol. The van der Waals surface area contributed by atoms with Gasteiger partial charge in [-0.25, -0.2) is 4.79 Å². The van der Waals surface area contributed by atoms with E-state index >= 15 is 0 Å². The molecule has 0 aromatic rings. The summed E-state index contributed by atoms with van der Waals surface area (Å²) in [7, 11) is 5.97. The lowest BCUT2D eigenvalue weighted by atomic mass is 10.0. The van der Waals surface area contributed by atoms with Crippen molar-refractivity contribution in [1.29, 1.82) is 0 Å². The van der Waals surface area contributed by atoms with Crippen LogP contribution in [0.1, 0.15) is 258 Å². The number of hydrogen-bond donors (Lipinski definition) is 1. The van der Waals surface area contributed by atoms with E-state index in [1.54, 1.807) is 0 Å². The fourth-order valence-corrected chi connectivity index (χ4v) is 7.83. The summed E-state index contributed by atoms with van der Waals surface area (Å²) in [6.07, 6.45) is 48.6. The van der Waals surface area contributed by atoms with Gasteiger partial charge in [0.05, 0.1) is 34.4 Å². The fourth-order valence-electron chi connectivity index (χ4n) is 7.83. The van der Waals surface area contributed by atoms with Gasteiger partial charge in [-0.2, -0.15) is 0 Å². The number of ether oxygens (including phenoxy) is 4. The maximum absolute atomic E-state index is 12.8. The summed E-state index contributed by atoms with van der Waals surface area (Å²) in [6, 6.07) is 0. The molecule has 372 valence electrons. The number of carboxylic acids is 1. The van der Waals surface area contributed by atoms with Gasteiger partial charge in [-0.1, -0.05) is 219 Å². The minimum atomic E-state index is -1.51. The van der Waals surface area contributed by atoms with E-state index in [9.17, 15) is 19.5 Å². The Morgan fingerprint density at radius 2 is 0.810 bits per heavy atom. The van der Waals surface area contributed by atoms with E-state index in [0.717, 1.165) is 51.4 Å². The molecule has 9 nitrogen and oxygen atoms in total. The van der Waals surface area contributed by atoms with Gasteiger partial charge in [0.15, 0.2) is 6.10 Å². The van der Waals surface area contributed by atoms with E-state index in [-0.39, 0.29) is 32.2 Å². The second-order valence-corrected chi connectivity index (χ2v) is 19.5. The highest BCUT2D eigenvalue weighted by Crippen LogP contribution is 2.17. The summed E-state index contributed by atoms with van der Waals surface area (Å²) >= 11 is 0. The molecule has 0 aliphatic carbocycles. The largest absolute Gasteiger partial charge is 0.477 e. The summed E-state index contributed by atoms with van der Waals surface area (Å²) in [6.45, 7) is 4.90. The average Bonchev–Trinajstić information content (AvgIpc) is 3.24. The zero-order valence-electron chi connectivity index (χ0n) is 42.3. The van der Waals surface area contributed by atoms with Crippen LogP contribution in [0.5, 0.6) is 0 Å². The molecular weight excluding hydrogens is 791 g/mol. The lowest BCUT2D eigenvalue weighted by Gasteiger charge is -2.25. The molecule has 0 rings (SSSR count). The number of nitrogens with zero attached hydrogens (tertiary/aromatic N) is 1. The number of carbonyl (C=O) groups excluding carboxylic acids is 2. The standard InChI is InChI=1S/C54H103NO8/c1-6-8-10-12-14-16-18-20-22-23-24-25-26-27-28-29-30-31-33-34-36-38-40-42-44-51(56)61-48-50(49-62-54(53(58)59)60-47-46-55(3,4)5)63-52(57)45-43-41-39-37-35-32-21-19-17-15-13-11-9-7-2/h19,21,50,54H,6-18,20,22-49H2,1-5H3/p+1/b21-19-. The molecule has 0 saturated heterocycles. The van der Waals surface area contributed by atoms with Crippen LogP contribution in [0.4, 0.5) is 0 Å². The molecule has 0 aromatic heterocycles. The molecule has 0 fully saturated rings. The number of quaternary nitrogens is 1. The van der Waals surface area contributed by atoms with Crippen molar-refractivity contribution < 1.29 is 42.9 Å². The molecule has 0 aliphatic rings. The molecule has 0 heterocycles. The maximum Gasteiger partial charge on any atom is 0.361 e. The van der Waals surface area contributed by atoms with Crippen molar-refractivity contribution in [1.82, 2.24) is 0 Å². The van der Waals surface area contributed by atoms with E-state index in [1.807, 2.05) is 21.1 Å². The van der Waals surface area contributed by atoms with Crippen LogP contribution < -0.4 is 0 Å². The van der Waals surface area contributed by atoms with Crippen LogP contribution in [0.3, 0.4) is 0 Å². The first-order valence-corrected chi connectivity index (χ1v) is 26.9. The Morgan fingerprint density at radius 3 is 1.17 bits per heavy atom. The SMILES string of the molecule is CCCCCCC/C=C\CCCCCCCC(=O)OC(COC(=O)CCCCCCCCCCCCCCCCCCCCCCCCCC)COC(OCC[N+](C)(C)C)C(=O)O. The third kappa shape index (κ3) is 47.8. The van der Waals surface area contributed by atoms with Crippen molar-refractivity contribution in [3.63, 3.8) is 0 Å². The maximum atomic E-state index is 12.8. The Labute approximate surface area is 389 Å². The van der Waals surface area contributed by atoms with E-state index in [1.165, 1.54) is 173 Å². The van der Waals surface area contributed by atoms with Crippen molar-refractivity contribution in [2.75, 3.05) is 47.5 Å². The fraction of sp³-hybridized carbons (Fsp3) is 0.907. The quantitative estimate of drug-likeness (QED) is 0.0211. The molecule has 0 saturated carbocycles. The highest BCUT2D eigenvalue weighted by atomic mass is 16.7. The smallest absolute Gasteiger partial charge is 0.361 e. The second kappa shape index (κ2) is 46.6. The number of carbonyl (C=O) groups is 3. The van der Waals surface area contributed by atoms with Gasteiger partial charge in [-0.3, -0.25) is 9.59 Å². The van der Waals surface area contributed by atoms with Crippen LogP contribution in [-0.4, -0.2) is 87.4 Å². The summed E-state index contributed by atoms with van der Waals surface area (Å²) < 4.78 is 22.8. The number of rotatable bonds is 50. The third-order valence-electron chi connectivity index (χ3n) is 12.0. The van der Waals surface area contributed by atoms with Crippen molar-refractivity contribution >= 4 is 17.9 Å². The topological polar surface area (TPSA) is 108 Å². The van der Waals surface area contributed by atoms with Crippen molar-refractivity contribution in [3.8, 4) is 0 Å². The molecule has 9 heteroatoms. The number of aliphatic carboxylic acids is 1. The lowest BCUT2D eigenvalue weighted by molar-refractivity contribution is -0.870. The van der Waals surface area contributed by atoms with Gasteiger partial charge in [0.25, 0.3) is 6.29 Å². The minimum Gasteiger partial charge on any atom is -0.477 e. The van der Waals surface area contributed by atoms with Crippen molar-refractivity contribution in [2.24, 2.45) is 0 Å². The Morgan fingerprint density at radius 1 is 0.460 bits per heavy atom. The first kappa shape index (κ1) is 61.0. The van der Waals surface area contributed by atoms with Gasteiger partial charge in [0.2, 0.25) is 0 Å².